The lowest BCUT2D eigenvalue weighted by molar-refractivity contribution is -0.384. The summed E-state index contributed by atoms with van der Waals surface area (Å²) in [6.07, 6.45) is 10.6. The number of rotatable bonds is 4. The molecule has 0 saturated heterocycles. The van der Waals surface area contributed by atoms with E-state index in [9.17, 15) is 10.1 Å². The fraction of sp³-hybridized carbons (Fsp3) is 0.600. The van der Waals surface area contributed by atoms with E-state index in [4.69, 9.17) is 0 Å². The second-order valence-electron chi connectivity index (χ2n) is 5.32. The highest BCUT2D eigenvalue weighted by Gasteiger charge is 2.12. The molecular weight excluding hydrogens is 226 g/mol. The largest absolute Gasteiger partial charge is 0.269 e. The van der Waals surface area contributed by atoms with Crippen LogP contribution in [0.4, 0.5) is 5.69 Å². The quantitative estimate of drug-likeness (QED) is 0.446. The highest BCUT2D eigenvalue weighted by Crippen LogP contribution is 2.26. The lowest BCUT2D eigenvalue weighted by atomic mass is 9.93. The lowest BCUT2D eigenvalue weighted by Gasteiger charge is -2.13. The zero-order valence-corrected chi connectivity index (χ0v) is 10.8. The van der Waals surface area contributed by atoms with Crippen LogP contribution in [0.5, 0.6) is 0 Å². The summed E-state index contributed by atoms with van der Waals surface area (Å²) < 4.78 is 0. The van der Waals surface area contributed by atoms with Gasteiger partial charge >= 0.3 is 0 Å². The molecule has 0 atom stereocenters. The molecule has 0 N–H and O–H groups in total. The van der Waals surface area contributed by atoms with Crippen molar-refractivity contribution in [2.45, 2.75) is 51.4 Å². The normalized spacial score (nSPS) is 17.3. The molecule has 0 heterocycles. The molecule has 0 radical (unpaired) electrons. The first-order valence-corrected chi connectivity index (χ1v) is 6.99. The summed E-state index contributed by atoms with van der Waals surface area (Å²) in [6, 6.07) is 7.02. The molecule has 0 amide bonds. The number of nitrogens with zero attached hydrogens (tertiary/aromatic N) is 1. The summed E-state index contributed by atoms with van der Waals surface area (Å²) >= 11 is 0. The molecule has 1 aliphatic carbocycles. The van der Waals surface area contributed by atoms with Crippen LogP contribution >= 0.6 is 0 Å². The van der Waals surface area contributed by atoms with Crippen LogP contribution in [0.15, 0.2) is 24.3 Å². The molecule has 0 aliphatic heterocycles. The van der Waals surface area contributed by atoms with Crippen molar-refractivity contribution in [3.8, 4) is 0 Å². The van der Waals surface area contributed by atoms with Crippen LogP contribution in [0.1, 0.15) is 50.5 Å². The summed E-state index contributed by atoms with van der Waals surface area (Å²) in [4.78, 5) is 10.2. The van der Waals surface area contributed by atoms with E-state index in [1.165, 1.54) is 50.5 Å². The molecule has 1 saturated carbocycles. The van der Waals surface area contributed by atoms with E-state index in [0.717, 1.165) is 12.3 Å². The predicted octanol–water partition coefficient (Wildman–Crippen LogP) is 4.50. The standard InChI is InChI=1S/C15H21NO2/c17-16(18)15-11-9-14(10-12-15)8-7-13-5-3-1-2-4-6-13/h9-13H,1-8H2. The Morgan fingerprint density at radius 3 is 2.22 bits per heavy atom. The highest BCUT2D eigenvalue weighted by molar-refractivity contribution is 5.32. The van der Waals surface area contributed by atoms with E-state index in [2.05, 4.69) is 0 Å². The number of non-ortho nitro benzene ring substituents is 1. The first kappa shape index (κ1) is 13.1. The van der Waals surface area contributed by atoms with Crippen molar-refractivity contribution in [1.29, 1.82) is 0 Å². The second-order valence-corrected chi connectivity index (χ2v) is 5.32. The van der Waals surface area contributed by atoms with Crippen LogP contribution in [0, 0.1) is 16.0 Å². The summed E-state index contributed by atoms with van der Waals surface area (Å²) in [6.45, 7) is 0. The van der Waals surface area contributed by atoms with Crippen LogP contribution in [0.25, 0.3) is 0 Å². The Kier molecular flexibility index (Phi) is 4.73. The van der Waals surface area contributed by atoms with Gasteiger partial charge in [-0.25, -0.2) is 0 Å². The Balaban J connectivity index is 1.83. The van der Waals surface area contributed by atoms with Crippen LogP contribution in [-0.2, 0) is 6.42 Å². The number of hydrogen-bond donors (Lipinski definition) is 0. The van der Waals surface area contributed by atoms with E-state index in [1.54, 1.807) is 12.1 Å². The van der Waals surface area contributed by atoms with Crippen molar-refractivity contribution in [2.75, 3.05) is 0 Å². The van der Waals surface area contributed by atoms with E-state index in [1.807, 2.05) is 12.1 Å². The number of nitro groups is 1. The van der Waals surface area contributed by atoms with Gasteiger partial charge in [0.15, 0.2) is 0 Å². The van der Waals surface area contributed by atoms with Crippen LogP contribution < -0.4 is 0 Å². The van der Waals surface area contributed by atoms with Gasteiger partial charge in [-0.05, 0) is 24.3 Å². The van der Waals surface area contributed by atoms with Gasteiger partial charge in [0.1, 0.15) is 0 Å². The van der Waals surface area contributed by atoms with Gasteiger partial charge < -0.3 is 0 Å². The molecule has 0 unspecified atom stereocenters. The van der Waals surface area contributed by atoms with E-state index in [-0.39, 0.29) is 10.6 Å². The molecule has 1 aromatic carbocycles. The maximum absolute atomic E-state index is 10.6. The van der Waals surface area contributed by atoms with Crippen LogP contribution in [-0.4, -0.2) is 4.92 Å². The van der Waals surface area contributed by atoms with Crippen molar-refractivity contribution >= 4 is 5.69 Å². The summed E-state index contributed by atoms with van der Waals surface area (Å²) in [5, 5.41) is 10.6. The molecule has 1 aliphatic rings. The Morgan fingerprint density at radius 1 is 1.06 bits per heavy atom. The zero-order valence-electron chi connectivity index (χ0n) is 10.8. The Hall–Kier alpha value is -1.38. The van der Waals surface area contributed by atoms with Gasteiger partial charge in [0.25, 0.3) is 5.69 Å². The lowest BCUT2D eigenvalue weighted by Crippen LogP contribution is -2.01. The molecule has 98 valence electrons. The molecule has 2 rings (SSSR count). The number of nitro benzene ring substituents is 1. The fourth-order valence-electron chi connectivity index (χ4n) is 2.81. The molecule has 0 spiro atoms. The number of hydrogen-bond acceptors (Lipinski definition) is 2. The third-order valence-electron chi connectivity index (χ3n) is 3.96. The topological polar surface area (TPSA) is 43.1 Å². The van der Waals surface area contributed by atoms with E-state index in [0.29, 0.717) is 0 Å². The number of aryl methyl sites for hydroxylation is 1. The third-order valence-corrected chi connectivity index (χ3v) is 3.96. The van der Waals surface area contributed by atoms with Gasteiger partial charge in [0.05, 0.1) is 4.92 Å². The summed E-state index contributed by atoms with van der Waals surface area (Å²) in [5.74, 6) is 0.864. The highest BCUT2D eigenvalue weighted by atomic mass is 16.6. The van der Waals surface area contributed by atoms with Crippen molar-refractivity contribution < 1.29 is 4.92 Å². The molecule has 18 heavy (non-hydrogen) atoms. The zero-order chi connectivity index (χ0) is 12.8. The maximum atomic E-state index is 10.6. The second kappa shape index (κ2) is 6.53. The number of benzene rings is 1. The minimum absolute atomic E-state index is 0.188. The van der Waals surface area contributed by atoms with E-state index < -0.39 is 0 Å². The van der Waals surface area contributed by atoms with Gasteiger partial charge in [-0.15, -0.1) is 0 Å². The van der Waals surface area contributed by atoms with Crippen LogP contribution in [0.3, 0.4) is 0 Å². The molecule has 0 bridgehead atoms. The average Bonchev–Trinajstić information content (AvgIpc) is 2.65. The van der Waals surface area contributed by atoms with Gasteiger partial charge in [0.2, 0.25) is 0 Å². The van der Waals surface area contributed by atoms with Gasteiger partial charge in [-0.3, -0.25) is 10.1 Å². The minimum atomic E-state index is -0.338. The summed E-state index contributed by atoms with van der Waals surface area (Å²) in [5.41, 5.74) is 1.41. The molecule has 1 fully saturated rings. The van der Waals surface area contributed by atoms with Crippen molar-refractivity contribution in [2.24, 2.45) is 5.92 Å². The first-order chi connectivity index (χ1) is 8.75. The SMILES string of the molecule is O=[N+]([O-])c1ccc(CCC2CCCCCC2)cc1. The smallest absolute Gasteiger partial charge is 0.258 e. The molecular formula is C15H21NO2. The predicted molar refractivity (Wildman–Crippen MR) is 72.6 cm³/mol. The Morgan fingerprint density at radius 2 is 1.67 bits per heavy atom. The Bertz CT molecular complexity index is 378. The van der Waals surface area contributed by atoms with E-state index >= 15 is 0 Å². The fourth-order valence-corrected chi connectivity index (χ4v) is 2.81. The molecule has 0 aromatic heterocycles. The van der Waals surface area contributed by atoms with Gasteiger partial charge in [-0.2, -0.15) is 0 Å². The third kappa shape index (κ3) is 3.83. The summed E-state index contributed by atoms with van der Waals surface area (Å²) in [7, 11) is 0. The van der Waals surface area contributed by atoms with Crippen molar-refractivity contribution in [3.05, 3.63) is 39.9 Å². The maximum Gasteiger partial charge on any atom is 0.269 e. The minimum Gasteiger partial charge on any atom is -0.258 e. The van der Waals surface area contributed by atoms with Gasteiger partial charge in [0, 0.05) is 12.1 Å². The molecule has 3 heteroatoms. The Labute approximate surface area is 108 Å². The average molecular weight is 247 g/mol. The van der Waals surface area contributed by atoms with Crippen LogP contribution in [0.2, 0.25) is 0 Å². The van der Waals surface area contributed by atoms with Crippen molar-refractivity contribution in [3.63, 3.8) is 0 Å². The molecule has 3 nitrogen and oxygen atoms in total. The van der Waals surface area contributed by atoms with Crippen molar-refractivity contribution in [1.82, 2.24) is 0 Å². The monoisotopic (exact) mass is 247 g/mol. The molecule has 1 aromatic rings. The first-order valence-electron chi connectivity index (χ1n) is 6.99. The van der Waals surface area contributed by atoms with Gasteiger partial charge in [-0.1, -0.05) is 50.7 Å².